The molecule has 1 heterocycles. The van der Waals surface area contributed by atoms with E-state index in [1.54, 1.807) is 12.3 Å². The minimum atomic E-state index is -0.837. The highest BCUT2D eigenvalue weighted by atomic mass is 32.2. The maximum Gasteiger partial charge on any atom is 0.163 e. The lowest BCUT2D eigenvalue weighted by molar-refractivity contribution is 0.172. The molecule has 100 valence electrons. The van der Waals surface area contributed by atoms with Crippen molar-refractivity contribution in [3.05, 3.63) is 12.1 Å². The SMILES string of the molecule is CC(CS(C)=O)Nc1cc2c(cc1N)OCCO2. The van der Waals surface area contributed by atoms with Crippen molar-refractivity contribution in [2.75, 3.05) is 36.3 Å². The molecular formula is C12H18N2O3S. The van der Waals surface area contributed by atoms with Crippen molar-refractivity contribution in [1.82, 2.24) is 0 Å². The second-order valence-corrected chi connectivity index (χ2v) is 5.85. The molecular weight excluding hydrogens is 252 g/mol. The summed E-state index contributed by atoms with van der Waals surface area (Å²) >= 11 is 0. The second kappa shape index (κ2) is 5.48. The molecule has 0 bridgehead atoms. The van der Waals surface area contributed by atoms with Crippen molar-refractivity contribution < 1.29 is 13.7 Å². The van der Waals surface area contributed by atoms with Crippen molar-refractivity contribution in [3.8, 4) is 11.5 Å². The molecule has 2 rings (SSSR count). The Bertz CT molecular complexity index is 465. The minimum absolute atomic E-state index is 0.0840. The van der Waals surface area contributed by atoms with Crippen molar-refractivity contribution >= 4 is 22.2 Å². The van der Waals surface area contributed by atoms with Gasteiger partial charge >= 0.3 is 0 Å². The van der Waals surface area contributed by atoms with Gasteiger partial charge in [-0.25, -0.2) is 0 Å². The first kappa shape index (κ1) is 13.0. The molecule has 0 radical (unpaired) electrons. The van der Waals surface area contributed by atoms with E-state index in [4.69, 9.17) is 15.2 Å². The average Bonchev–Trinajstić information content (AvgIpc) is 2.29. The first-order valence-corrected chi connectivity index (χ1v) is 7.54. The monoisotopic (exact) mass is 270 g/mol. The molecule has 0 aromatic heterocycles. The minimum Gasteiger partial charge on any atom is -0.486 e. The Balaban J connectivity index is 2.15. The summed E-state index contributed by atoms with van der Waals surface area (Å²) in [7, 11) is -0.837. The Labute approximate surface area is 109 Å². The number of hydrogen-bond acceptors (Lipinski definition) is 5. The maximum absolute atomic E-state index is 11.2. The quantitative estimate of drug-likeness (QED) is 0.805. The smallest absolute Gasteiger partial charge is 0.163 e. The van der Waals surface area contributed by atoms with Gasteiger partial charge in [0.05, 0.1) is 11.4 Å². The van der Waals surface area contributed by atoms with Crippen LogP contribution in [0.1, 0.15) is 6.92 Å². The molecule has 0 saturated heterocycles. The largest absolute Gasteiger partial charge is 0.486 e. The number of benzene rings is 1. The fraction of sp³-hybridized carbons (Fsp3) is 0.500. The van der Waals surface area contributed by atoms with Gasteiger partial charge < -0.3 is 20.5 Å². The van der Waals surface area contributed by atoms with Crippen LogP contribution >= 0.6 is 0 Å². The van der Waals surface area contributed by atoms with Crippen LogP contribution in [-0.2, 0) is 10.8 Å². The van der Waals surface area contributed by atoms with Crippen molar-refractivity contribution in [2.45, 2.75) is 13.0 Å². The van der Waals surface area contributed by atoms with E-state index in [0.29, 0.717) is 36.2 Å². The molecule has 5 nitrogen and oxygen atoms in total. The third-order valence-corrected chi connectivity index (χ3v) is 3.57. The third-order valence-electron chi connectivity index (χ3n) is 2.60. The van der Waals surface area contributed by atoms with Gasteiger partial charge in [-0.05, 0) is 6.92 Å². The van der Waals surface area contributed by atoms with Crippen LogP contribution in [0.5, 0.6) is 11.5 Å². The van der Waals surface area contributed by atoms with E-state index in [-0.39, 0.29) is 6.04 Å². The number of fused-ring (bicyclic) bond motifs is 1. The van der Waals surface area contributed by atoms with E-state index in [1.165, 1.54) is 0 Å². The zero-order chi connectivity index (χ0) is 13.1. The molecule has 0 aliphatic carbocycles. The van der Waals surface area contributed by atoms with Gasteiger partial charge in [0.25, 0.3) is 0 Å². The summed E-state index contributed by atoms with van der Waals surface area (Å²) in [6.45, 7) is 3.06. The van der Waals surface area contributed by atoms with E-state index in [9.17, 15) is 4.21 Å². The highest BCUT2D eigenvalue weighted by molar-refractivity contribution is 7.84. The van der Waals surface area contributed by atoms with Gasteiger partial charge in [0.1, 0.15) is 13.2 Å². The molecule has 0 fully saturated rings. The number of anilines is 2. The number of ether oxygens (including phenoxy) is 2. The van der Waals surface area contributed by atoms with E-state index in [0.717, 1.165) is 5.69 Å². The molecule has 0 spiro atoms. The lowest BCUT2D eigenvalue weighted by atomic mass is 10.2. The van der Waals surface area contributed by atoms with Crippen LogP contribution < -0.4 is 20.5 Å². The number of nitrogen functional groups attached to an aromatic ring is 1. The first-order chi connectivity index (χ1) is 8.56. The summed E-state index contributed by atoms with van der Waals surface area (Å²) in [5.74, 6) is 1.95. The van der Waals surface area contributed by atoms with Crippen LogP contribution in [0, 0.1) is 0 Å². The summed E-state index contributed by atoms with van der Waals surface area (Å²) in [5, 5.41) is 3.24. The topological polar surface area (TPSA) is 73.6 Å². The third kappa shape index (κ3) is 3.07. The molecule has 18 heavy (non-hydrogen) atoms. The van der Waals surface area contributed by atoms with E-state index in [1.807, 2.05) is 13.0 Å². The Hall–Kier alpha value is -1.43. The zero-order valence-corrected chi connectivity index (χ0v) is 11.4. The summed E-state index contributed by atoms with van der Waals surface area (Å²) in [4.78, 5) is 0. The molecule has 2 atom stereocenters. The van der Waals surface area contributed by atoms with E-state index < -0.39 is 10.8 Å². The van der Waals surface area contributed by atoms with Crippen molar-refractivity contribution in [1.29, 1.82) is 0 Å². The fourth-order valence-corrected chi connectivity index (χ4v) is 2.68. The van der Waals surface area contributed by atoms with E-state index >= 15 is 0 Å². The van der Waals surface area contributed by atoms with Crippen LogP contribution in [-0.4, -0.2) is 35.5 Å². The number of nitrogens with one attached hydrogen (secondary N) is 1. The average molecular weight is 270 g/mol. The van der Waals surface area contributed by atoms with Gasteiger partial charge in [0.15, 0.2) is 11.5 Å². The molecule has 1 aromatic carbocycles. The molecule has 1 aromatic rings. The predicted octanol–water partition coefficient (Wildman–Crippen LogP) is 1.22. The normalized spacial score (nSPS) is 17.0. The molecule has 1 aliphatic rings. The zero-order valence-electron chi connectivity index (χ0n) is 10.6. The Kier molecular flexibility index (Phi) is 3.96. The van der Waals surface area contributed by atoms with Crippen molar-refractivity contribution in [2.24, 2.45) is 0 Å². The Morgan fingerprint density at radius 1 is 1.39 bits per heavy atom. The summed E-state index contributed by atoms with van der Waals surface area (Å²) in [6, 6.07) is 3.67. The van der Waals surface area contributed by atoms with E-state index in [2.05, 4.69) is 5.32 Å². The Morgan fingerprint density at radius 2 is 2.00 bits per heavy atom. The standard InChI is InChI=1S/C12H18N2O3S/c1-8(7-18(2)15)14-10-6-12-11(5-9(10)13)16-3-4-17-12/h5-6,8,14H,3-4,7,13H2,1-2H3. The van der Waals surface area contributed by atoms with Crippen LogP contribution in [0.15, 0.2) is 12.1 Å². The van der Waals surface area contributed by atoms with Crippen LogP contribution in [0.3, 0.4) is 0 Å². The van der Waals surface area contributed by atoms with Gasteiger partial charge in [-0.2, -0.15) is 0 Å². The second-order valence-electron chi connectivity index (χ2n) is 4.37. The predicted molar refractivity (Wildman–Crippen MR) is 73.9 cm³/mol. The molecule has 2 unspecified atom stereocenters. The maximum atomic E-state index is 11.2. The molecule has 6 heteroatoms. The number of hydrogen-bond donors (Lipinski definition) is 2. The van der Waals surface area contributed by atoms with Crippen LogP contribution in [0.4, 0.5) is 11.4 Å². The lowest BCUT2D eigenvalue weighted by Gasteiger charge is -2.22. The summed E-state index contributed by atoms with van der Waals surface area (Å²) < 4.78 is 22.1. The van der Waals surface area contributed by atoms with Crippen molar-refractivity contribution in [3.63, 3.8) is 0 Å². The fourth-order valence-electron chi connectivity index (χ4n) is 1.89. The lowest BCUT2D eigenvalue weighted by Crippen LogP contribution is -2.23. The molecule has 0 amide bonds. The molecule has 3 N–H and O–H groups in total. The number of rotatable bonds is 4. The Morgan fingerprint density at radius 3 is 2.61 bits per heavy atom. The van der Waals surface area contributed by atoms with Gasteiger partial charge in [-0.1, -0.05) is 0 Å². The molecule has 1 aliphatic heterocycles. The van der Waals surface area contributed by atoms with Gasteiger partial charge in [0, 0.05) is 41.0 Å². The van der Waals surface area contributed by atoms with Gasteiger partial charge in [-0.15, -0.1) is 0 Å². The first-order valence-electron chi connectivity index (χ1n) is 5.82. The number of nitrogens with two attached hydrogens (primary N) is 1. The van der Waals surface area contributed by atoms with Gasteiger partial charge in [-0.3, -0.25) is 4.21 Å². The molecule has 0 saturated carbocycles. The highest BCUT2D eigenvalue weighted by Gasteiger charge is 2.15. The summed E-state index contributed by atoms with van der Waals surface area (Å²) in [6.07, 6.45) is 1.69. The highest BCUT2D eigenvalue weighted by Crippen LogP contribution is 2.37. The van der Waals surface area contributed by atoms with Gasteiger partial charge in [0.2, 0.25) is 0 Å². The van der Waals surface area contributed by atoms with Crippen LogP contribution in [0.25, 0.3) is 0 Å². The van der Waals surface area contributed by atoms with Crippen LogP contribution in [0.2, 0.25) is 0 Å². The summed E-state index contributed by atoms with van der Waals surface area (Å²) in [5.41, 5.74) is 7.34.